The third-order valence-corrected chi connectivity index (χ3v) is 4.51. The van der Waals surface area contributed by atoms with Crippen LogP contribution in [-0.2, 0) is 13.0 Å². The Bertz CT molecular complexity index is 890. The van der Waals surface area contributed by atoms with Gasteiger partial charge in [0, 0.05) is 18.9 Å². The van der Waals surface area contributed by atoms with Crippen LogP contribution in [0.15, 0.2) is 48.8 Å². The van der Waals surface area contributed by atoms with Gasteiger partial charge in [0.05, 0.1) is 18.3 Å². The summed E-state index contributed by atoms with van der Waals surface area (Å²) < 4.78 is 1.70. The standard InChI is InChI=1S/C20H23N5O2/c1-3-15-4-6-16(7-5-15)13-25-14(2)19(23-24-25)20(27)22-12-18(26)17-8-10-21-11-9-17/h4-11,18,26H,3,12-13H2,1-2H3,(H,22,27)/t18-/m0/s1. The molecule has 0 saturated heterocycles. The fraction of sp³-hybridized carbons (Fsp3) is 0.300. The lowest BCUT2D eigenvalue weighted by atomic mass is 10.1. The molecule has 3 rings (SSSR count). The highest BCUT2D eigenvalue weighted by atomic mass is 16.3. The quantitative estimate of drug-likeness (QED) is 0.668. The predicted molar refractivity (Wildman–Crippen MR) is 101 cm³/mol. The number of amides is 1. The van der Waals surface area contributed by atoms with Crippen LogP contribution < -0.4 is 5.32 Å². The Morgan fingerprint density at radius 3 is 2.48 bits per heavy atom. The maximum absolute atomic E-state index is 12.4. The molecule has 2 aromatic heterocycles. The van der Waals surface area contributed by atoms with Crippen LogP contribution in [0.25, 0.3) is 0 Å². The number of aliphatic hydroxyl groups excluding tert-OH is 1. The Morgan fingerprint density at radius 1 is 1.15 bits per heavy atom. The third-order valence-electron chi connectivity index (χ3n) is 4.51. The first-order chi connectivity index (χ1) is 13.1. The van der Waals surface area contributed by atoms with Crippen molar-refractivity contribution in [3.63, 3.8) is 0 Å². The number of rotatable bonds is 7. The molecular formula is C20H23N5O2. The molecule has 1 atom stereocenters. The second-order valence-electron chi connectivity index (χ2n) is 6.36. The second kappa shape index (κ2) is 8.55. The van der Waals surface area contributed by atoms with Gasteiger partial charge in [-0.15, -0.1) is 5.10 Å². The number of carbonyl (C=O) groups excluding carboxylic acids is 1. The number of nitrogens with zero attached hydrogens (tertiary/aromatic N) is 4. The lowest BCUT2D eigenvalue weighted by Gasteiger charge is -2.11. The topological polar surface area (TPSA) is 92.9 Å². The SMILES string of the molecule is CCc1ccc(Cn2nnc(C(=O)NC[C@H](O)c3ccncc3)c2C)cc1. The van der Waals surface area contributed by atoms with Crippen LogP contribution in [0.3, 0.4) is 0 Å². The highest BCUT2D eigenvalue weighted by Crippen LogP contribution is 2.12. The van der Waals surface area contributed by atoms with E-state index in [0.29, 0.717) is 17.8 Å². The fourth-order valence-corrected chi connectivity index (χ4v) is 2.75. The zero-order valence-corrected chi connectivity index (χ0v) is 15.5. The summed E-state index contributed by atoms with van der Waals surface area (Å²) in [6, 6.07) is 11.7. The molecule has 1 amide bonds. The molecule has 7 heteroatoms. The summed E-state index contributed by atoms with van der Waals surface area (Å²) in [7, 11) is 0. The Morgan fingerprint density at radius 2 is 1.81 bits per heavy atom. The van der Waals surface area contributed by atoms with Crippen molar-refractivity contribution < 1.29 is 9.90 Å². The van der Waals surface area contributed by atoms with Crippen LogP contribution in [0, 0.1) is 6.92 Å². The van der Waals surface area contributed by atoms with Crippen molar-refractivity contribution in [3.05, 3.63) is 76.9 Å². The van der Waals surface area contributed by atoms with E-state index >= 15 is 0 Å². The number of hydrogen-bond donors (Lipinski definition) is 2. The van der Waals surface area contributed by atoms with E-state index in [9.17, 15) is 9.90 Å². The van der Waals surface area contributed by atoms with Gasteiger partial charge in [0.2, 0.25) is 0 Å². The monoisotopic (exact) mass is 365 g/mol. The van der Waals surface area contributed by atoms with Crippen LogP contribution in [0.2, 0.25) is 0 Å². The summed E-state index contributed by atoms with van der Waals surface area (Å²) in [5.41, 5.74) is 4.02. The molecular weight excluding hydrogens is 342 g/mol. The van der Waals surface area contributed by atoms with Crippen molar-refractivity contribution in [2.45, 2.75) is 32.9 Å². The maximum atomic E-state index is 12.4. The average Bonchev–Trinajstić information content (AvgIpc) is 3.07. The van der Waals surface area contributed by atoms with E-state index in [0.717, 1.165) is 12.0 Å². The predicted octanol–water partition coefficient (Wildman–Crippen LogP) is 2.06. The Hall–Kier alpha value is -3.06. The van der Waals surface area contributed by atoms with Gasteiger partial charge in [-0.1, -0.05) is 36.4 Å². The van der Waals surface area contributed by atoms with Crippen molar-refractivity contribution >= 4 is 5.91 Å². The van der Waals surface area contributed by atoms with Gasteiger partial charge < -0.3 is 10.4 Å². The van der Waals surface area contributed by atoms with Gasteiger partial charge in [0.15, 0.2) is 5.69 Å². The summed E-state index contributed by atoms with van der Waals surface area (Å²) in [4.78, 5) is 16.3. The highest BCUT2D eigenvalue weighted by Gasteiger charge is 2.18. The molecule has 7 nitrogen and oxygen atoms in total. The van der Waals surface area contributed by atoms with Crippen LogP contribution in [-0.4, -0.2) is 37.5 Å². The summed E-state index contributed by atoms with van der Waals surface area (Å²) in [5, 5.41) is 21.0. The van der Waals surface area contributed by atoms with Gasteiger partial charge in [-0.05, 0) is 42.2 Å². The normalized spacial score (nSPS) is 12.0. The van der Waals surface area contributed by atoms with Gasteiger partial charge in [0.25, 0.3) is 5.91 Å². The fourth-order valence-electron chi connectivity index (χ4n) is 2.75. The molecule has 140 valence electrons. The molecule has 0 aliphatic heterocycles. The number of benzene rings is 1. The van der Waals surface area contributed by atoms with Crippen LogP contribution >= 0.6 is 0 Å². The van der Waals surface area contributed by atoms with Gasteiger partial charge in [-0.2, -0.15) is 0 Å². The van der Waals surface area contributed by atoms with E-state index < -0.39 is 6.10 Å². The number of nitrogens with one attached hydrogen (secondary N) is 1. The van der Waals surface area contributed by atoms with E-state index in [1.165, 1.54) is 5.56 Å². The smallest absolute Gasteiger partial charge is 0.273 e. The first-order valence-electron chi connectivity index (χ1n) is 8.92. The molecule has 0 saturated carbocycles. The molecule has 27 heavy (non-hydrogen) atoms. The first-order valence-corrected chi connectivity index (χ1v) is 8.92. The Balaban J connectivity index is 1.62. The van der Waals surface area contributed by atoms with Gasteiger partial charge in [0.1, 0.15) is 0 Å². The van der Waals surface area contributed by atoms with Crippen LogP contribution in [0.1, 0.15) is 45.9 Å². The Kier molecular flexibility index (Phi) is 5.93. The lowest BCUT2D eigenvalue weighted by molar-refractivity contribution is 0.0910. The molecule has 2 heterocycles. The second-order valence-corrected chi connectivity index (χ2v) is 6.36. The summed E-state index contributed by atoms with van der Waals surface area (Å²) in [5.74, 6) is -0.354. The van der Waals surface area contributed by atoms with Crippen molar-refractivity contribution in [1.29, 1.82) is 0 Å². The number of hydrogen-bond acceptors (Lipinski definition) is 5. The molecule has 1 aromatic carbocycles. The number of aryl methyl sites for hydroxylation is 1. The minimum atomic E-state index is -0.801. The molecule has 3 aromatic rings. The van der Waals surface area contributed by atoms with Crippen molar-refractivity contribution in [2.24, 2.45) is 0 Å². The molecule has 0 radical (unpaired) electrons. The number of carbonyl (C=O) groups is 1. The van der Waals surface area contributed by atoms with E-state index in [2.05, 4.69) is 51.8 Å². The third kappa shape index (κ3) is 4.57. The number of aliphatic hydroxyl groups is 1. The van der Waals surface area contributed by atoms with Crippen molar-refractivity contribution in [3.8, 4) is 0 Å². The average molecular weight is 365 g/mol. The Labute approximate surface area is 158 Å². The van der Waals surface area contributed by atoms with E-state index in [1.54, 1.807) is 29.2 Å². The lowest BCUT2D eigenvalue weighted by Crippen LogP contribution is -2.29. The molecule has 0 fully saturated rings. The van der Waals surface area contributed by atoms with Gasteiger partial charge >= 0.3 is 0 Å². The van der Waals surface area contributed by atoms with Crippen LogP contribution in [0.4, 0.5) is 0 Å². The molecule has 0 unspecified atom stereocenters. The highest BCUT2D eigenvalue weighted by molar-refractivity contribution is 5.93. The van der Waals surface area contributed by atoms with Gasteiger partial charge in [-0.3, -0.25) is 9.78 Å². The first kappa shape index (κ1) is 18.7. The zero-order valence-electron chi connectivity index (χ0n) is 15.5. The van der Waals surface area contributed by atoms with E-state index in [1.807, 2.05) is 6.92 Å². The zero-order chi connectivity index (χ0) is 19.2. The van der Waals surface area contributed by atoms with Crippen LogP contribution in [0.5, 0.6) is 0 Å². The molecule has 2 N–H and O–H groups in total. The molecule has 0 aliphatic rings. The van der Waals surface area contributed by atoms with E-state index in [4.69, 9.17) is 0 Å². The van der Waals surface area contributed by atoms with Crippen molar-refractivity contribution in [1.82, 2.24) is 25.3 Å². The molecule has 0 bridgehead atoms. The van der Waals surface area contributed by atoms with E-state index in [-0.39, 0.29) is 18.1 Å². The largest absolute Gasteiger partial charge is 0.387 e. The molecule has 0 aliphatic carbocycles. The van der Waals surface area contributed by atoms with Gasteiger partial charge in [-0.25, -0.2) is 4.68 Å². The van der Waals surface area contributed by atoms with Crippen molar-refractivity contribution in [2.75, 3.05) is 6.54 Å². The molecule has 0 spiro atoms. The summed E-state index contributed by atoms with van der Waals surface area (Å²) in [6.45, 7) is 4.57. The number of pyridine rings is 1. The minimum absolute atomic E-state index is 0.0909. The summed E-state index contributed by atoms with van der Waals surface area (Å²) in [6.07, 6.45) is 3.40. The summed E-state index contributed by atoms with van der Waals surface area (Å²) >= 11 is 0. The minimum Gasteiger partial charge on any atom is -0.387 e. The number of aromatic nitrogens is 4. The maximum Gasteiger partial charge on any atom is 0.273 e.